The van der Waals surface area contributed by atoms with Crippen LogP contribution >= 0.6 is 15.9 Å². The van der Waals surface area contributed by atoms with Gasteiger partial charge in [-0.2, -0.15) is 0 Å². The molecule has 0 spiro atoms. The third-order valence-corrected chi connectivity index (χ3v) is 3.26. The first-order valence-electron chi connectivity index (χ1n) is 6.73. The predicted molar refractivity (Wildman–Crippen MR) is 87.5 cm³/mol. The molecule has 0 saturated heterocycles. The molecule has 120 valence electrons. The summed E-state index contributed by atoms with van der Waals surface area (Å²) in [6.07, 6.45) is 0. The largest absolute Gasteiger partial charge is 0.338 e. The van der Waals surface area contributed by atoms with Crippen molar-refractivity contribution >= 4 is 39.5 Å². The third-order valence-electron chi connectivity index (χ3n) is 2.57. The minimum atomic E-state index is -0.543. The summed E-state index contributed by atoms with van der Waals surface area (Å²) >= 11 is 3.34. The molecular formula is C14H19BrN4O3. The van der Waals surface area contributed by atoms with Gasteiger partial charge < -0.3 is 10.6 Å². The van der Waals surface area contributed by atoms with Gasteiger partial charge in [0.25, 0.3) is 0 Å². The van der Waals surface area contributed by atoms with E-state index in [9.17, 15) is 14.4 Å². The number of benzene rings is 1. The number of para-hydroxylation sites is 1. The van der Waals surface area contributed by atoms with Crippen molar-refractivity contribution in [2.45, 2.75) is 6.92 Å². The van der Waals surface area contributed by atoms with E-state index in [1.165, 1.54) is 4.90 Å². The Bertz CT molecular complexity index is 551. The second-order valence-electron chi connectivity index (χ2n) is 4.61. The van der Waals surface area contributed by atoms with Crippen molar-refractivity contribution < 1.29 is 14.4 Å². The quantitative estimate of drug-likeness (QED) is 0.700. The van der Waals surface area contributed by atoms with Crippen LogP contribution in [0, 0.1) is 0 Å². The van der Waals surface area contributed by atoms with Gasteiger partial charge in [0, 0.05) is 11.0 Å². The molecule has 1 rings (SSSR count). The summed E-state index contributed by atoms with van der Waals surface area (Å²) < 4.78 is 0.778. The van der Waals surface area contributed by atoms with Gasteiger partial charge in [-0.05, 0) is 42.0 Å². The van der Waals surface area contributed by atoms with Crippen LogP contribution in [0.25, 0.3) is 0 Å². The standard InChI is InChI=1S/C14H19BrN4O3/c1-3-16-14(22)18-13(21)9-19(2)8-12(20)17-11-7-5-4-6-10(11)15/h4-7H,3,8-9H2,1-2H3,(H,17,20)(H2,16,18,21,22). The van der Waals surface area contributed by atoms with E-state index in [0.717, 1.165) is 4.47 Å². The Morgan fingerprint density at radius 3 is 2.41 bits per heavy atom. The lowest BCUT2D eigenvalue weighted by atomic mass is 10.3. The van der Waals surface area contributed by atoms with Gasteiger partial charge in [-0.3, -0.25) is 19.8 Å². The van der Waals surface area contributed by atoms with Gasteiger partial charge in [0.15, 0.2) is 0 Å². The van der Waals surface area contributed by atoms with Crippen molar-refractivity contribution in [3.63, 3.8) is 0 Å². The van der Waals surface area contributed by atoms with Crippen LogP contribution in [0.2, 0.25) is 0 Å². The van der Waals surface area contributed by atoms with Crippen LogP contribution in [0.5, 0.6) is 0 Å². The zero-order chi connectivity index (χ0) is 16.5. The third kappa shape index (κ3) is 6.68. The highest BCUT2D eigenvalue weighted by atomic mass is 79.9. The minimum Gasteiger partial charge on any atom is -0.338 e. The molecule has 0 heterocycles. The number of hydrogen-bond donors (Lipinski definition) is 3. The number of likely N-dealkylation sites (N-methyl/N-ethyl adjacent to an activating group) is 1. The van der Waals surface area contributed by atoms with Crippen LogP contribution in [0.4, 0.5) is 10.5 Å². The number of rotatable bonds is 6. The molecule has 7 nitrogen and oxygen atoms in total. The highest BCUT2D eigenvalue weighted by Crippen LogP contribution is 2.20. The lowest BCUT2D eigenvalue weighted by Gasteiger charge is -2.16. The molecule has 0 bridgehead atoms. The zero-order valence-electron chi connectivity index (χ0n) is 12.5. The van der Waals surface area contributed by atoms with Crippen LogP contribution in [0.3, 0.4) is 0 Å². The molecule has 3 N–H and O–H groups in total. The summed E-state index contributed by atoms with van der Waals surface area (Å²) in [7, 11) is 1.62. The molecule has 0 saturated carbocycles. The molecular weight excluding hydrogens is 352 g/mol. The smallest absolute Gasteiger partial charge is 0.321 e. The van der Waals surface area contributed by atoms with Crippen LogP contribution in [-0.4, -0.2) is 49.4 Å². The van der Waals surface area contributed by atoms with E-state index >= 15 is 0 Å². The molecule has 4 amide bonds. The Kier molecular flexibility index (Phi) is 7.55. The molecule has 0 aliphatic rings. The van der Waals surface area contributed by atoms with Gasteiger partial charge in [-0.15, -0.1) is 0 Å². The number of carbonyl (C=O) groups is 3. The lowest BCUT2D eigenvalue weighted by Crippen LogP contribution is -2.44. The van der Waals surface area contributed by atoms with Gasteiger partial charge in [-0.1, -0.05) is 12.1 Å². The average molecular weight is 371 g/mol. The highest BCUT2D eigenvalue weighted by molar-refractivity contribution is 9.10. The summed E-state index contributed by atoms with van der Waals surface area (Å²) in [5.41, 5.74) is 0.660. The van der Waals surface area contributed by atoms with Crippen molar-refractivity contribution in [3.8, 4) is 0 Å². The van der Waals surface area contributed by atoms with E-state index in [2.05, 4.69) is 31.9 Å². The van der Waals surface area contributed by atoms with Crippen molar-refractivity contribution in [2.24, 2.45) is 0 Å². The monoisotopic (exact) mass is 370 g/mol. The Balaban J connectivity index is 2.39. The molecule has 0 fully saturated rings. The molecule has 1 aromatic carbocycles. The van der Waals surface area contributed by atoms with Crippen molar-refractivity contribution in [1.29, 1.82) is 0 Å². The van der Waals surface area contributed by atoms with Gasteiger partial charge in [0.2, 0.25) is 11.8 Å². The van der Waals surface area contributed by atoms with E-state index in [4.69, 9.17) is 0 Å². The maximum absolute atomic E-state index is 11.9. The number of nitrogens with one attached hydrogen (secondary N) is 3. The summed E-state index contributed by atoms with van der Waals surface area (Å²) in [6.45, 7) is 2.16. The number of anilines is 1. The number of halogens is 1. The topological polar surface area (TPSA) is 90.5 Å². The van der Waals surface area contributed by atoms with Crippen LogP contribution in [0.15, 0.2) is 28.7 Å². The molecule has 22 heavy (non-hydrogen) atoms. The Hall–Kier alpha value is -1.93. The van der Waals surface area contributed by atoms with E-state index < -0.39 is 11.9 Å². The Morgan fingerprint density at radius 2 is 1.77 bits per heavy atom. The molecule has 0 unspecified atom stereocenters. The van der Waals surface area contributed by atoms with Crippen molar-refractivity contribution in [3.05, 3.63) is 28.7 Å². The number of urea groups is 1. The molecule has 1 aromatic rings. The van der Waals surface area contributed by atoms with Gasteiger partial charge in [-0.25, -0.2) is 4.79 Å². The van der Waals surface area contributed by atoms with Crippen LogP contribution < -0.4 is 16.0 Å². The minimum absolute atomic E-state index is 0.0319. The number of nitrogens with zero attached hydrogens (tertiary/aromatic N) is 1. The SMILES string of the molecule is CCNC(=O)NC(=O)CN(C)CC(=O)Nc1ccccc1Br. The summed E-state index contributed by atoms with van der Waals surface area (Å²) in [6, 6.07) is 6.70. The Morgan fingerprint density at radius 1 is 1.14 bits per heavy atom. The second kappa shape index (κ2) is 9.16. The molecule has 8 heteroatoms. The first-order chi connectivity index (χ1) is 10.4. The molecule has 0 aliphatic carbocycles. The number of amides is 4. The van der Waals surface area contributed by atoms with E-state index in [-0.39, 0.29) is 19.0 Å². The first kappa shape index (κ1) is 18.1. The van der Waals surface area contributed by atoms with Crippen molar-refractivity contribution in [1.82, 2.24) is 15.5 Å². The predicted octanol–water partition coefficient (Wildman–Crippen LogP) is 1.17. The molecule has 0 aliphatic heterocycles. The van der Waals surface area contributed by atoms with Crippen molar-refractivity contribution in [2.75, 3.05) is 32.0 Å². The number of hydrogen-bond acceptors (Lipinski definition) is 4. The lowest BCUT2D eigenvalue weighted by molar-refractivity contribution is -0.122. The van der Waals surface area contributed by atoms with Crippen LogP contribution in [-0.2, 0) is 9.59 Å². The maximum atomic E-state index is 11.9. The maximum Gasteiger partial charge on any atom is 0.321 e. The second-order valence-corrected chi connectivity index (χ2v) is 5.46. The fraction of sp³-hybridized carbons (Fsp3) is 0.357. The molecule has 0 aromatic heterocycles. The summed E-state index contributed by atoms with van der Waals surface area (Å²) in [5.74, 6) is -0.720. The summed E-state index contributed by atoms with van der Waals surface area (Å²) in [4.78, 5) is 36.2. The number of imide groups is 1. The Labute approximate surface area is 137 Å². The van der Waals surface area contributed by atoms with E-state index in [1.807, 2.05) is 18.2 Å². The zero-order valence-corrected chi connectivity index (χ0v) is 14.1. The fourth-order valence-corrected chi connectivity index (χ4v) is 2.05. The average Bonchev–Trinajstić information content (AvgIpc) is 2.40. The molecule has 0 atom stereocenters. The van der Waals surface area contributed by atoms with Gasteiger partial charge in [0.1, 0.15) is 0 Å². The fourth-order valence-electron chi connectivity index (χ4n) is 1.67. The molecule has 0 radical (unpaired) electrons. The van der Waals surface area contributed by atoms with E-state index in [1.54, 1.807) is 20.0 Å². The number of carbonyl (C=O) groups excluding carboxylic acids is 3. The van der Waals surface area contributed by atoms with Crippen LogP contribution in [0.1, 0.15) is 6.92 Å². The van der Waals surface area contributed by atoms with Gasteiger partial charge >= 0.3 is 6.03 Å². The first-order valence-corrected chi connectivity index (χ1v) is 7.52. The van der Waals surface area contributed by atoms with Gasteiger partial charge in [0.05, 0.1) is 18.8 Å². The summed E-state index contributed by atoms with van der Waals surface area (Å²) in [5, 5.41) is 7.37. The van der Waals surface area contributed by atoms with E-state index in [0.29, 0.717) is 12.2 Å². The highest BCUT2D eigenvalue weighted by Gasteiger charge is 2.13. The normalized spacial score (nSPS) is 10.2.